The molecule has 0 fully saturated rings. The molecule has 0 saturated heterocycles. The molecule has 0 heterocycles. The van der Waals surface area contributed by atoms with Crippen LogP contribution < -0.4 is 0 Å². The zero-order chi connectivity index (χ0) is 14.1. The third kappa shape index (κ3) is 5.69. The van der Waals surface area contributed by atoms with Crippen LogP contribution in [0.2, 0.25) is 0 Å². The number of unbranched alkanes of at least 4 members (excludes halogenated alkanes) is 2. The number of aryl methyl sites for hydroxylation is 1. The highest BCUT2D eigenvalue weighted by Gasteiger charge is 2.08. The molecule has 0 unspecified atom stereocenters. The van der Waals surface area contributed by atoms with Crippen molar-refractivity contribution in [3.05, 3.63) is 35.4 Å². The van der Waals surface area contributed by atoms with Gasteiger partial charge in [-0.05, 0) is 32.3 Å². The maximum absolute atomic E-state index is 12.0. The third-order valence-corrected chi connectivity index (χ3v) is 3.04. The molecular weight excluding hydrogens is 240 g/mol. The van der Waals surface area contributed by atoms with Crippen LogP contribution >= 0.6 is 0 Å². The highest BCUT2D eigenvalue weighted by Crippen LogP contribution is 2.13. The number of ketones is 1. The van der Waals surface area contributed by atoms with Gasteiger partial charge in [0.2, 0.25) is 0 Å². The van der Waals surface area contributed by atoms with E-state index in [1.807, 2.05) is 31.2 Å². The minimum atomic E-state index is -0.146. The summed E-state index contributed by atoms with van der Waals surface area (Å²) in [5.41, 5.74) is 1.84. The molecule has 0 radical (unpaired) electrons. The van der Waals surface area contributed by atoms with E-state index in [9.17, 15) is 9.59 Å². The first-order valence-corrected chi connectivity index (χ1v) is 6.89. The molecule has 104 valence electrons. The third-order valence-electron chi connectivity index (χ3n) is 3.04. The van der Waals surface area contributed by atoms with Crippen LogP contribution in [0.4, 0.5) is 0 Å². The van der Waals surface area contributed by atoms with E-state index in [1.165, 1.54) is 0 Å². The Morgan fingerprint density at radius 3 is 2.42 bits per heavy atom. The number of esters is 1. The number of benzene rings is 1. The second kappa shape index (κ2) is 8.46. The Hall–Kier alpha value is -1.64. The lowest BCUT2D eigenvalue weighted by Crippen LogP contribution is -2.04. The van der Waals surface area contributed by atoms with Gasteiger partial charge in [-0.1, -0.05) is 30.7 Å². The SMILES string of the molecule is CCOC(=O)CCCCCC(=O)c1ccccc1C. The fraction of sp³-hybridized carbons (Fsp3) is 0.500. The first-order valence-electron chi connectivity index (χ1n) is 6.89. The van der Waals surface area contributed by atoms with Crippen LogP contribution in [-0.4, -0.2) is 18.4 Å². The van der Waals surface area contributed by atoms with E-state index < -0.39 is 0 Å². The monoisotopic (exact) mass is 262 g/mol. The molecular formula is C16H22O3. The van der Waals surface area contributed by atoms with Crippen molar-refractivity contribution in [2.24, 2.45) is 0 Å². The minimum Gasteiger partial charge on any atom is -0.466 e. The molecule has 0 aliphatic rings. The zero-order valence-electron chi connectivity index (χ0n) is 11.8. The Labute approximate surface area is 115 Å². The van der Waals surface area contributed by atoms with Crippen LogP contribution in [-0.2, 0) is 9.53 Å². The Bertz CT molecular complexity index is 424. The fourth-order valence-corrected chi connectivity index (χ4v) is 1.99. The number of rotatable bonds is 8. The van der Waals surface area contributed by atoms with Crippen LogP contribution in [0, 0.1) is 6.92 Å². The molecule has 1 aromatic carbocycles. The van der Waals surface area contributed by atoms with Gasteiger partial charge in [0.15, 0.2) is 5.78 Å². The van der Waals surface area contributed by atoms with E-state index in [0.717, 1.165) is 30.4 Å². The number of hydrogen-bond donors (Lipinski definition) is 0. The molecule has 0 amide bonds. The van der Waals surface area contributed by atoms with Gasteiger partial charge in [0.1, 0.15) is 0 Å². The summed E-state index contributed by atoms with van der Waals surface area (Å²) in [6.45, 7) is 4.19. The summed E-state index contributed by atoms with van der Waals surface area (Å²) < 4.78 is 4.85. The summed E-state index contributed by atoms with van der Waals surface area (Å²) in [6, 6.07) is 7.65. The molecule has 1 aromatic rings. The van der Waals surface area contributed by atoms with Gasteiger partial charge in [0.05, 0.1) is 6.61 Å². The van der Waals surface area contributed by atoms with Crippen molar-refractivity contribution in [1.29, 1.82) is 0 Å². The predicted octanol–water partition coefficient (Wildman–Crippen LogP) is 3.69. The van der Waals surface area contributed by atoms with Gasteiger partial charge >= 0.3 is 5.97 Å². The first kappa shape index (κ1) is 15.4. The minimum absolute atomic E-state index is 0.146. The fourth-order valence-electron chi connectivity index (χ4n) is 1.99. The molecule has 0 atom stereocenters. The van der Waals surface area contributed by atoms with Crippen LogP contribution in [0.3, 0.4) is 0 Å². The van der Waals surface area contributed by atoms with Gasteiger partial charge in [0.25, 0.3) is 0 Å². The molecule has 0 bridgehead atoms. The lowest BCUT2D eigenvalue weighted by atomic mass is 10.0. The van der Waals surface area contributed by atoms with Crippen LogP contribution in [0.25, 0.3) is 0 Å². The molecule has 3 heteroatoms. The summed E-state index contributed by atoms with van der Waals surface area (Å²) in [7, 11) is 0. The molecule has 0 saturated carbocycles. The maximum atomic E-state index is 12.0. The summed E-state index contributed by atoms with van der Waals surface area (Å²) >= 11 is 0. The van der Waals surface area contributed by atoms with E-state index in [-0.39, 0.29) is 11.8 Å². The van der Waals surface area contributed by atoms with Crippen molar-refractivity contribution in [1.82, 2.24) is 0 Å². The molecule has 0 aliphatic carbocycles. The molecule has 0 aromatic heterocycles. The van der Waals surface area contributed by atoms with Crippen molar-refractivity contribution >= 4 is 11.8 Å². The predicted molar refractivity (Wildman–Crippen MR) is 75.2 cm³/mol. The number of carbonyl (C=O) groups is 2. The Balaban J connectivity index is 2.21. The lowest BCUT2D eigenvalue weighted by Gasteiger charge is -2.04. The van der Waals surface area contributed by atoms with E-state index in [4.69, 9.17) is 4.74 Å². The largest absolute Gasteiger partial charge is 0.466 e. The first-order chi connectivity index (χ1) is 9.15. The molecule has 0 N–H and O–H groups in total. The lowest BCUT2D eigenvalue weighted by molar-refractivity contribution is -0.143. The topological polar surface area (TPSA) is 43.4 Å². The van der Waals surface area contributed by atoms with Crippen molar-refractivity contribution < 1.29 is 14.3 Å². The highest BCUT2D eigenvalue weighted by atomic mass is 16.5. The van der Waals surface area contributed by atoms with Crippen molar-refractivity contribution in [3.63, 3.8) is 0 Å². The summed E-state index contributed by atoms with van der Waals surface area (Å²) in [4.78, 5) is 23.1. The second-order valence-electron chi connectivity index (χ2n) is 4.60. The molecule has 3 nitrogen and oxygen atoms in total. The van der Waals surface area contributed by atoms with Crippen molar-refractivity contribution in [3.8, 4) is 0 Å². The van der Waals surface area contributed by atoms with Gasteiger partial charge in [-0.25, -0.2) is 0 Å². The van der Waals surface area contributed by atoms with Crippen molar-refractivity contribution in [2.75, 3.05) is 6.61 Å². The normalized spacial score (nSPS) is 10.2. The number of ether oxygens (including phenoxy) is 1. The van der Waals surface area contributed by atoms with Crippen LogP contribution in [0.5, 0.6) is 0 Å². The van der Waals surface area contributed by atoms with Gasteiger partial charge in [-0.15, -0.1) is 0 Å². The van der Waals surface area contributed by atoms with Gasteiger partial charge < -0.3 is 4.74 Å². The number of Topliss-reactive ketones (excluding diaryl/α,β-unsaturated/α-hetero) is 1. The summed E-state index contributed by atoms with van der Waals surface area (Å²) in [5.74, 6) is 0.0435. The standard InChI is InChI=1S/C16H22O3/c1-3-19-16(18)12-6-4-5-11-15(17)14-10-8-7-9-13(14)2/h7-10H,3-6,11-12H2,1-2H3. The second-order valence-corrected chi connectivity index (χ2v) is 4.60. The Morgan fingerprint density at radius 2 is 1.74 bits per heavy atom. The average Bonchev–Trinajstić information content (AvgIpc) is 2.39. The van der Waals surface area contributed by atoms with E-state index in [2.05, 4.69) is 0 Å². The van der Waals surface area contributed by atoms with E-state index >= 15 is 0 Å². The molecule has 0 aliphatic heterocycles. The van der Waals surface area contributed by atoms with Gasteiger partial charge in [-0.3, -0.25) is 9.59 Å². The van der Waals surface area contributed by atoms with Crippen LogP contribution in [0.1, 0.15) is 54.9 Å². The van der Waals surface area contributed by atoms with E-state index in [1.54, 1.807) is 6.92 Å². The highest BCUT2D eigenvalue weighted by molar-refractivity contribution is 5.97. The summed E-state index contributed by atoms with van der Waals surface area (Å²) in [5, 5.41) is 0. The van der Waals surface area contributed by atoms with Gasteiger partial charge in [-0.2, -0.15) is 0 Å². The average molecular weight is 262 g/mol. The maximum Gasteiger partial charge on any atom is 0.305 e. The Kier molecular flexibility index (Phi) is 6.86. The number of hydrogen-bond acceptors (Lipinski definition) is 3. The van der Waals surface area contributed by atoms with Crippen LogP contribution in [0.15, 0.2) is 24.3 Å². The van der Waals surface area contributed by atoms with Gasteiger partial charge in [0, 0.05) is 18.4 Å². The smallest absolute Gasteiger partial charge is 0.305 e. The zero-order valence-corrected chi connectivity index (χ0v) is 11.8. The van der Waals surface area contributed by atoms with E-state index in [0.29, 0.717) is 19.4 Å². The quantitative estimate of drug-likeness (QED) is 0.407. The van der Waals surface area contributed by atoms with Crippen molar-refractivity contribution in [2.45, 2.75) is 46.0 Å². The number of carbonyl (C=O) groups excluding carboxylic acids is 2. The molecule has 1 rings (SSSR count). The molecule has 0 spiro atoms. The Morgan fingerprint density at radius 1 is 1.05 bits per heavy atom. The molecule has 19 heavy (non-hydrogen) atoms. The summed E-state index contributed by atoms with van der Waals surface area (Å²) in [6.07, 6.45) is 3.50.